The van der Waals surface area contributed by atoms with Gasteiger partial charge in [0.1, 0.15) is 16.6 Å². The van der Waals surface area contributed by atoms with Crippen molar-refractivity contribution in [3.63, 3.8) is 0 Å². The molecule has 6 rings (SSSR count). The fourth-order valence-corrected chi connectivity index (χ4v) is 7.13. The van der Waals surface area contributed by atoms with Crippen LogP contribution in [0.1, 0.15) is 38.1 Å². The molecule has 36 heavy (non-hydrogen) atoms. The van der Waals surface area contributed by atoms with Gasteiger partial charge in [0.05, 0.1) is 21.3 Å². The Balaban J connectivity index is 0.00000267. The van der Waals surface area contributed by atoms with E-state index < -0.39 is 17.7 Å². The Morgan fingerprint density at radius 3 is 2.42 bits per heavy atom. The first-order valence-electron chi connectivity index (χ1n) is 11.5. The quantitative estimate of drug-likeness (QED) is 0.359. The normalized spacial score (nSPS) is 15.1. The molecule has 4 heterocycles. The van der Waals surface area contributed by atoms with Crippen molar-refractivity contribution in [2.75, 3.05) is 25.0 Å². The summed E-state index contributed by atoms with van der Waals surface area (Å²) in [5.41, 5.74) is 3.81. The SMILES string of the molecule is CCN1CCc2c(sc(NC(=O)CN3C(=O)c4ccccc4C3=O)c2-c2nc3ccccc3s2)C1.Cl. The monoisotopic (exact) mass is 538 g/mol. The van der Waals surface area contributed by atoms with Crippen LogP contribution in [0.15, 0.2) is 48.5 Å². The number of carbonyl (C=O) groups excluding carboxylic acids is 3. The van der Waals surface area contributed by atoms with Crippen LogP contribution in [0.4, 0.5) is 5.00 Å². The molecule has 2 aromatic heterocycles. The van der Waals surface area contributed by atoms with Crippen LogP contribution >= 0.6 is 35.1 Å². The number of rotatable bonds is 5. The summed E-state index contributed by atoms with van der Waals surface area (Å²) in [6, 6.07) is 14.7. The Morgan fingerprint density at radius 2 is 1.72 bits per heavy atom. The topological polar surface area (TPSA) is 82.6 Å². The van der Waals surface area contributed by atoms with Gasteiger partial charge in [0.2, 0.25) is 5.91 Å². The van der Waals surface area contributed by atoms with E-state index in [0.717, 1.165) is 56.7 Å². The van der Waals surface area contributed by atoms with Gasteiger partial charge in [-0.15, -0.1) is 35.1 Å². The largest absolute Gasteiger partial charge is 0.316 e. The number of likely N-dealkylation sites (N-methyl/N-ethyl adjacent to an activating group) is 1. The van der Waals surface area contributed by atoms with E-state index in [9.17, 15) is 14.4 Å². The second kappa shape index (κ2) is 9.74. The average molecular weight is 539 g/mol. The highest BCUT2D eigenvalue weighted by atomic mass is 35.5. The number of halogens is 1. The molecule has 2 aliphatic heterocycles. The lowest BCUT2D eigenvalue weighted by Crippen LogP contribution is -2.37. The summed E-state index contributed by atoms with van der Waals surface area (Å²) in [7, 11) is 0. The third-order valence-corrected chi connectivity index (χ3v) is 8.71. The van der Waals surface area contributed by atoms with Gasteiger partial charge >= 0.3 is 0 Å². The van der Waals surface area contributed by atoms with Gasteiger partial charge in [-0.3, -0.25) is 24.2 Å². The summed E-state index contributed by atoms with van der Waals surface area (Å²) in [5.74, 6) is -1.26. The zero-order chi connectivity index (χ0) is 24.1. The number of thiazole rings is 1. The molecule has 7 nitrogen and oxygen atoms in total. The van der Waals surface area contributed by atoms with E-state index in [-0.39, 0.29) is 19.0 Å². The lowest BCUT2D eigenvalue weighted by Gasteiger charge is -2.25. The third kappa shape index (κ3) is 4.12. The molecule has 0 bridgehead atoms. The summed E-state index contributed by atoms with van der Waals surface area (Å²) < 4.78 is 1.09. The fraction of sp³-hybridized carbons (Fsp3) is 0.231. The molecule has 3 amide bonds. The number of nitrogens with zero attached hydrogens (tertiary/aromatic N) is 3. The van der Waals surface area contributed by atoms with E-state index in [1.165, 1.54) is 10.4 Å². The van der Waals surface area contributed by atoms with Crippen molar-refractivity contribution in [1.82, 2.24) is 14.8 Å². The van der Waals surface area contributed by atoms with Gasteiger partial charge in [0, 0.05) is 23.5 Å². The van der Waals surface area contributed by atoms with Gasteiger partial charge in [-0.05, 0) is 42.8 Å². The van der Waals surface area contributed by atoms with Gasteiger partial charge < -0.3 is 5.32 Å². The number of hydrogen-bond donors (Lipinski definition) is 1. The van der Waals surface area contributed by atoms with Crippen molar-refractivity contribution in [2.45, 2.75) is 19.9 Å². The lowest BCUT2D eigenvalue weighted by atomic mass is 10.0. The molecule has 0 atom stereocenters. The van der Waals surface area contributed by atoms with Crippen molar-refractivity contribution in [3.05, 3.63) is 70.1 Å². The number of para-hydroxylation sites is 1. The molecule has 184 valence electrons. The number of nitrogens with one attached hydrogen (secondary N) is 1. The second-order valence-corrected chi connectivity index (χ2v) is 10.7. The minimum Gasteiger partial charge on any atom is -0.316 e. The Bertz CT molecular complexity index is 1440. The van der Waals surface area contributed by atoms with Crippen LogP contribution in [-0.2, 0) is 17.8 Å². The zero-order valence-electron chi connectivity index (χ0n) is 19.4. The molecule has 0 aliphatic carbocycles. The number of hydrogen-bond acceptors (Lipinski definition) is 7. The molecule has 0 fully saturated rings. The highest BCUT2D eigenvalue weighted by Gasteiger charge is 2.36. The van der Waals surface area contributed by atoms with E-state index >= 15 is 0 Å². The molecule has 0 saturated carbocycles. The molecule has 0 saturated heterocycles. The first kappa shape index (κ1) is 24.6. The van der Waals surface area contributed by atoms with Crippen molar-refractivity contribution >= 4 is 68.0 Å². The molecule has 2 aliphatic rings. The third-order valence-electron chi connectivity index (χ3n) is 6.52. The number of carbonyl (C=O) groups is 3. The van der Waals surface area contributed by atoms with E-state index in [1.54, 1.807) is 46.9 Å². The Morgan fingerprint density at radius 1 is 1.03 bits per heavy atom. The zero-order valence-corrected chi connectivity index (χ0v) is 21.9. The van der Waals surface area contributed by atoms with Crippen LogP contribution in [0.5, 0.6) is 0 Å². The Kier molecular flexibility index (Phi) is 6.65. The lowest BCUT2D eigenvalue weighted by molar-refractivity contribution is -0.116. The van der Waals surface area contributed by atoms with Crippen LogP contribution in [0.3, 0.4) is 0 Å². The molecular formula is C26H23ClN4O3S2. The highest BCUT2D eigenvalue weighted by Crippen LogP contribution is 2.45. The van der Waals surface area contributed by atoms with Gasteiger partial charge in [-0.1, -0.05) is 31.2 Å². The number of anilines is 1. The van der Waals surface area contributed by atoms with Crippen molar-refractivity contribution < 1.29 is 14.4 Å². The molecule has 4 aromatic rings. The summed E-state index contributed by atoms with van der Waals surface area (Å²) in [5, 5.41) is 4.63. The maximum atomic E-state index is 13.1. The number of thiophene rings is 1. The predicted molar refractivity (Wildman–Crippen MR) is 145 cm³/mol. The molecule has 2 aromatic carbocycles. The van der Waals surface area contributed by atoms with Crippen LogP contribution in [0, 0.1) is 0 Å². The number of amides is 3. The number of fused-ring (bicyclic) bond motifs is 3. The van der Waals surface area contributed by atoms with Crippen LogP contribution in [0.25, 0.3) is 20.8 Å². The van der Waals surface area contributed by atoms with Crippen molar-refractivity contribution in [3.8, 4) is 10.6 Å². The number of benzene rings is 2. The first-order valence-corrected chi connectivity index (χ1v) is 13.1. The van der Waals surface area contributed by atoms with Crippen LogP contribution in [-0.4, -0.2) is 52.1 Å². The predicted octanol–water partition coefficient (Wildman–Crippen LogP) is 5.06. The highest BCUT2D eigenvalue weighted by molar-refractivity contribution is 7.22. The standard InChI is InChI=1S/C26H22N4O3S2.ClH/c1-2-29-12-11-17-20(13-29)35-24(22(17)23-27-18-9-5-6-10-19(18)34-23)28-21(31)14-30-25(32)15-7-3-4-8-16(15)26(30)33;/h3-10H,2,11-14H2,1H3,(H,28,31);1H. The van der Waals surface area contributed by atoms with Gasteiger partial charge in [0.15, 0.2) is 0 Å². The molecular weight excluding hydrogens is 516 g/mol. The first-order chi connectivity index (χ1) is 17.0. The van der Waals surface area contributed by atoms with Gasteiger partial charge in [0.25, 0.3) is 11.8 Å². The van der Waals surface area contributed by atoms with E-state index in [1.807, 2.05) is 18.2 Å². The average Bonchev–Trinajstić information content (AvgIpc) is 3.52. The van der Waals surface area contributed by atoms with E-state index in [4.69, 9.17) is 4.98 Å². The van der Waals surface area contributed by atoms with Gasteiger partial charge in [-0.2, -0.15) is 0 Å². The number of imide groups is 1. The molecule has 0 unspecified atom stereocenters. The maximum Gasteiger partial charge on any atom is 0.262 e. The maximum absolute atomic E-state index is 13.1. The fourth-order valence-electron chi connectivity index (χ4n) is 4.71. The molecule has 10 heteroatoms. The van der Waals surface area contributed by atoms with E-state index in [0.29, 0.717) is 11.1 Å². The number of aromatic nitrogens is 1. The van der Waals surface area contributed by atoms with Gasteiger partial charge in [-0.25, -0.2) is 4.98 Å². The molecule has 0 radical (unpaired) electrons. The Labute approximate surface area is 222 Å². The Hall–Kier alpha value is -3.11. The van der Waals surface area contributed by atoms with Crippen LogP contribution in [0.2, 0.25) is 0 Å². The van der Waals surface area contributed by atoms with Crippen molar-refractivity contribution in [1.29, 1.82) is 0 Å². The smallest absolute Gasteiger partial charge is 0.262 e. The summed E-state index contributed by atoms with van der Waals surface area (Å²) in [6.07, 6.45) is 0.888. The second-order valence-electron chi connectivity index (χ2n) is 8.60. The molecule has 0 spiro atoms. The summed E-state index contributed by atoms with van der Waals surface area (Å²) in [4.78, 5) is 48.1. The van der Waals surface area contributed by atoms with E-state index in [2.05, 4.69) is 23.2 Å². The minimum atomic E-state index is -0.434. The molecule has 1 N–H and O–H groups in total. The minimum absolute atomic E-state index is 0. The summed E-state index contributed by atoms with van der Waals surface area (Å²) >= 11 is 3.18. The van der Waals surface area contributed by atoms with Crippen LogP contribution < -0.4 is 5.32 Å². The van der Waals surface area contributed by atoms with Crippen molar-refractivity contribution in [2.24, 2.45) is 0 Å². The summed E-state index contributed by atoms with van der Waals surface area (Å²) in [6.45, 7) is 4.59.